The summed E-state index contributed by atoms with van der Waals surface area (Å²) in [5.74, 6) is 1.16. The van der Waals surface area contributed by atoms with Gasteiger partial charge in [-0.05, 0) is 45.0 Å². The fourth-order valence-corrected chi connectivity index (χ4v) is 2.85. The lowest BCUT2D eigenvalue weighted by atomic mass is 9.92. The molecule has 2 atom stereocenters. The SMILES string of the molecule is COc1cccc(C2C(CN)CCCCN2C)n1. The van der Waals surface area contributed by atoms with E-state index in [0.717, 1.165) is 12.2 Å². The predicted octanol–water partition coefficient (Wildman–Crippen LogP) is 1.82. The van der Waals surface area contributed by atoms with Gasteiger partial charge in [-0.25, -0.2) is 4.98 Å². The Kier molecular flexibility index (Phi) is 4.55. The lowest BCUT2D eigenvalue weighted by molar-refractivity contribution is 0.190. The highest BCUT2D eigenvalue weighted by Gasteiger charge is 2.29. The van der Waals surface area contributed by atoms with Crippen LogP contribution in [-0.4, -0.2) is 37.1 Å². The minimum absolute atomic E-state index is 0.313. The quantitative estimate of drug-likeness (QED) is 0.888. The van der Waals surface area contributed by atoms with E-state index in [9.17, 15) is 0 Å². The highest BCUT2D eigenvalue weighted by atomic mass is 16.5. The summed E-state index contributed by atoms with van der Waals surface area (Å²) in [6.45, 7) is 1.83. The molecule has 1 aliphatic heterocycles. The molecule has 100 valence electrons. The molecule has 18 heavy (non-hydrogen) atoms. The van der Waals surface area contributed by atoms with Crippen LogP contribution in [0.5, 0.6) is 5.88 Å². The van der Waals surface area contributed by atoms with Gasteiger partial charge in [-0.15, -0.1) is 0 Å². The molecule has 2 N–H and O–H groups in total. The zero-order valence-corrected chi connectivity index (χ0v) is 11.3. The fourth-order valence-electron chi connectivity index (χ4n) is 2.85. The molecule has 2 heterocycles. The van der Waals surface area contributed by atoms with Crippen molar-refractivity contribution in [2.75, 3.05) is 27.2 Å². The maximum absolute atomic E-state index is 5.95. The van der Waals surface area contributed by atoms with Crippen molar-refractivity contribution >= 4 is 0 Å². The molecule has 1 fully saturated rings. The maximum Gasteiger partial charge on any atom is 0.213 e. The number of ether oxygens (including phenoxy) is 1. The van der Waals surface area contributed by atoms with Gasteiger partial charge in [0, 0.05) is 6.07 Å². The average molecular weight is 249 g/mol. The minimum Gasteiger partial charge on any atom is -0.481 e. The Balaban J connectivity index is 2.30. The molecule has 0 spiro atoms. The van der Waals surface area contributed by atoms with Crippen molar-refractivity contribution in [1.82, 2.24) is 9.88 Å². The van der Waals surface area contributed by atoms with Crippen molar-refractivity contribution < 1.29 is 4.74 Å². The summed E-state index contributed by atoms with van der Waals surface area (Å²) in [7, 11) is 3.82. The summed E-state index contributed by atoms with van der Waals surface area (Å²) in [6, 6.07) is 6.29. The van der Waals surface area contributed by atoms with Crippen molar-refractivity contribution in [3.8, 4) is 5.88 Å². The fraction of sp³-hybridized carbons (Fsp3) is 0.643. The minimum atomic E-state index is 0.313. The Hall–Kier alpha value is -1.13. The third kappa shape index (κ3) is 2.82. The molecular weight excluding hydrogens is 226 g/mol. The molecule has 1 aliphatic rings. The molecule has 0 aromatic carbocycles. The van der Waals surface area contributed by atoms with E-state index in [2.05, 4.69) is 23.0 Å². The monoisotopic (exact) mass is 249 g/mol. The largest absolute Gasteiger partial charge is 0.481 e. The number of hydrogen-bond acceptors (Lipinski definition) is 4. The van der Waals surface area contributed by atoms with Gasteiger partial charge in [0.1, 0.15) is 0 Å². The van der Waals surface area contributed by atoms with E-state index in [0.29, 0.717) is 24.4 Å². The number of methoxy groups -OCH3 is 1. The Bertz CT molecular complexity index is 383. The van der Waals surface area contributed by atoms with E-state index in [-0.39, 0.29) is 0 Å². The maximum atomic E-state index is 5.95. The van der Waals surface area contributed by atoms with Crippen LogP contribution in [0.2, 0.25) is 0 Å². The molecule has 0 radical (unpaired) electrons. The molecule has 2 unspecified atom stereocenters. The van der Waals surface area contributed by atoms with Crippen molar-refractivity contribution in [3.63, 3.8) is 0 Å². The van der Waals surface area contributed by atoms with Gasteiger partial charge in [0.2, 0.25) is 5.88 Å². The van der Waals surface area contributed by atoms with E-state index < -0.39 is 0 Å². The van der Waals surface area contributed by atoms with E-state index in [1.165, 1.54) is 19.3 Å². The molecule has 0 bridgehead atoms. The van der Waals surface area contributed by atoms with Gasteiger partial charge in [0.25, 0.3) is 0 Å². The first-order valence-corrected chi connectivity index (χ1v) is 6.67. The third-order valence-corrected chi connectivity index (χ3v) is 3.82. The van der Waals surface area contributed by atoms with E-state index in [1.807, 2.05) is 12.1 Å². The van der Waals surface area contributed by atoms with Gasteiger partial charge in [-0.3, -0.25) is 4.90 Å². The van der Waals surface area contributed by atoms with Crippen molar-refractivity contribution in [1.29, 1.82) is 0 Å². The van der Waals surface area contributed by atoms with Crippen LogP contribution in [0.4, 0.5) is 0 Å². The molecule has 4 nitrogen and oxygen atoms in total. The van der Waals surface area contributed by atoms with Gasteiger partial charge in [0.05, 0.1) is 18.8 Å². The van der Waals surface area contributed by atoms with E-state index in [1.54, 1.807) is 7.11 Å². The standard InChI is InChI=1S/C14H23N3O/c1-17-9-4-3-6-11(10-15)14(17)12-7-5-8-13(16-12)18-2/h5,7-8,11,14H,3-4,6,9-10,15H2,1-2H3. The highest BCUT2D eigenvalue weighted by Crippen LogP contribution is 2.33. The Labute approximate surface area is 109 Å². The number of nitrogens with zero attached hydrogens (tertiary/aromatic N) is 2. The first-order chi connectivity index (χ1) is 8.76. The summed E-state index contributed by atoms with van der Waals surface area (Å²) in [5, 5.41) is 0. The zero-order chi connectivity index (χ0) is 13.0. The smallest absolute Gasteiger partial charge is 0.213 e. The van der Waals surface area contributed by atoms with Gasteiger partial charge in [0.15, 0.2) is 0 Å². The van der Waals surface area contributed by atoms with Crippen LogP contribution in [0, 0.1) is 5.92 Å². The van der Waals surface area contributed by atoms with Crippen LogP contribution in [-0.2, 0) is 0 Å². The van der Waals surface area contributed by atoms with Gasteiger partial charge in [-0.2, -0.15) is 0 Å². The van der Waals surface area contributed by atoms with Gasteiger partial charge in [-0.1, -0.05) is 12.5 Å². The number of pyridine rings is 1. The number of rotatable bonds is 3. The molecule has 1 aromatic rings. The third-order valence-electron chi connectivity index (χ3n) is 3.82. The van der Waals surface area contributed by atoms with Gasteiger partial charge < -0.3 is 10.5 Å². The Morgan fingerprint density at radius 3 is 3.00 bits per heavy atom. The second-order valence-corrected chi connectivity index (χ2v) is 5.02. The first-order valence-electron chi connectivity index (χ1n) is 6.67. The summed E-state index contributed by atoms with van der Waals surface area (Å²) in [6.07, 6.45) is 3.69. The van der Waals surface area contributed by atoms with Crippen LogP contribution in [0.25, 0.3) is 0 Å². The normalized spacial score (nSPS) is 25.7. The molecular formula is C14H23N3O. The van der Waals surface area contributed by atoms with Crippen molar-refractivity contribution in [2.45, 2.75) is 25.3 Å². The van der Waals surface area contributed by atoms with Crippen LogP contribution >= 0.6 is 0 Å². The van der Waals surface area contributed by atoms with Crippen LogP contribution in [0.1, 0.15) is 31.0 Å². The van der Waals surface area contributed by atoms with Crippen molar-refractivity contribution in [2.24, 2.45) is 11.7 Å². The lowest BCUT2D eigenvalue weighted by Crippen LogP contribution is -2.33. The van der Waals surface area contributed by atoms with Crippen LogP contribution in [0.3, 0.4) is 0 Å². The predicted molar refractivity (Wildman–Crippen MR) is 72.6 cm³/mol. The molecule has 2 rings (SSSR count). The second-order valence-electron chi connectivity index (χ2n) is 5.02. The van der Waals surface area contributed by atoms with E-state index in [4.69, 9.17) is 10.5 Å². The van der Waals surface area contributed by atoms with Crippen LogP contribution < -0.4 is 10.5 Å². The molecule has 0 amide bonds. The lowest BCUT2D eigenvalue weighted by Gasteiger charge is -2.31. The van der Waals surface area contributed by atoms with E-state index >= 15 is 0 Å². The Morgan fingerprint density at radius 2 is 2.28 bits per heavy atom. The zero-order valence-electron chi connectivity index (χ0n) is 11.3. The molecule has 1 saturated heterocycles. The highest BCUT2D eigenvalue weighted by molar-refractivity contribution is 5.19. The summed E-state index contributed by atoms with van der Waals surface area (Å²) < 4.78 is 5.22. The summed E-state index contributed by atoms with van der Waals surface area (Å²) in [4.78, 5) is 6.97. The van der Waals surface area contributed by atoms with Crippen LogP contribution in [0.15, 0.2) is 18.2 Å². The van der Waals surface area contributed by atoms with Gasteiger partial charge >= 0.3 is 0 Å². The second kappa shape index (κ2) is 6.16. The average Bonchev–Trinajstić information content (AvgIpc) is 2.60. The topological polar surface area (TPSA) is 51.4 Å². The van der Waals surface area contributed by atoms with Crippen molar-refractivity contribution in [3.05, 3.63) is 23.9 Å². The summed E-state index contributed by atoms with van der Waals surface area (Å²) >= 11 is 0. The number of likely N-dealkylation sites (tertiary alicyclic amines) is 1. The number of aromatic nitrogens is 1. The number of nitrogens with two attached hydrogens (primary N) is 1. The molecule has 4 heteroatoms. The molecule has 0 aliphatic carbocycles. The molecule has 0 saturated carbocycles. The first kappa shape index (κ1) is 13.3. The molecule has 1 aromatic heterocycles. The number of hydrogen-bond donors (Lipinski definition) is 1. The summed E-state index contributed by atoms with van der Waals surface area (Å²) in [5.41, 5.74) is 7.03. The Morgan fingerprint density at radius 1 is 1.44 bits per heavy atom.